The molecule has 0 aliphatic carbocycles. The molecule has 0 saturated carbocycles. The second-order valence-electron chi connectivity index (χ2n) is 13.0. The molecule has 0 unspecified atom stereocenters. The van der Waals surface area contributed by atoms with E-state index in [1.807, 2.05) is 103 Å². The number of nitrogens with zero attached hydrogens (tertiary/aromatic N) is 1. The molecule has 53 heavy (non-hydrogen) atoms. The van der Waals surface area contributed by atoms with Crippen LogP contribution in [0, 0.1) is 0 Å². The van der Waals surface area contributed by atoms with Crippen molar-refractivity contribution in [3.8, 4) is 11.1 Å². The Morgan fingerprint density at radius 3 is 1.94 bits per heavy atom. The number of fused-ring (bicyclic) bond motifs is 1. The Kier molecular flexibility index (Phi) is 10.9. The molecule has 7 rings (SSSR count). The third-order valence-electron chi connectivity index (χ3n) is 9.68. The number of carboxylic acid groups (broad SMARTS) is 1. The van der Waals surface area contributed by atoms with E-state index in [0.717, 1.165) is 57.3 Å². The average molecular weight is 739 g/mol. The predicted molar refractivity (Wildman–Crippen MR) is 213 cm³/mol. The molecule has 2 N–H and O–H groups in total. The number of benzene rings is 6. The normalized spacial score (nSPS) is 11.7. The topological polar surface area (TPSA) is 88.4 Å². The lowest BCUT2D eigenvalue weighted by atomic mass is 9.97. The zero-order valence-electron chi connectivity index (χ0n) is 29.0. The van der Waals surface area contributed by atoms with Crippen LogP contribution in [-0.4, -0.2) is 30.6 Å². The van der Waals surface area contributed by atoms with Crippen molar-refractivity contribution in [3.63, 3.8) is 0 Å². The summed E-state index contributed by atoms with van der Waals surface area (Å²) < 4.78 is 33.3. The Hall–Kier alpha value is -5.47. The highest BCUT2D eigenvalue weighted by molar-refractivity contribution is 7.89. The first-order valence-corrected chi connectivity index (χ1v) is 19.5. The van der Waals surface area contributed by atoms with Crippen LogP contribution in [0.3, 0.4) is 0 Å². The maximum atomic E-state index is 14.0. The van der Waals surface area contributed by atoms with Crippen LogP contribution in [0.5, 0.6) is 0 Å². The maximum Gasteiger partial charge on any atom is 0.335 e. The van der Waals surface area contributed by atoms with Gasteiger partial charge in [-0.3, -0.25) is 0 Å². The number of carbonyl (C=O) groups is 1. The smallest absolute Gasteiger partial charge is 0.335 e. The summed E-state index contributed by atoms with van der Waals surface area (Å²) in [7, 11) is -3.88. The Bertz CT molecular complexity index is 2410. The van der Waals surface area contributed by atoms with Crippen molar-refractivity contribution < 1.29 is 18.3 Å². The largest absolute Gasteiger partial charge is 0.478 e. The van der Waals surface area contributed by atoms with E-state index in [1.165, 1.54) is 0 Å². The van der Waals surface area contributed by atoms with Crippen LogP contribution in [-0.2, 0) is 29.3 Å². The second kappa shape index (κ2) is 16.0. The van der Waals surface area contributed by atoms with Crippen molar-refractivity contribution in [3.05, 3.63) is 196 Å². The maximum absolute atomic E-state index is 14.0. The Morgan fingerprint density at radius 2 is 1.30 bits per heavy atom. The van der Waals surface area contributed by atoms with E-state index in [4.69, 9.17) is 11.6 Å². The number of carboxylic acids is 1. The molecule has 1 aromatic heterocycles. The molecule has 8 heteroatoms. The van der Waals surface area contributed by atoms with Gasteiger partial charge in [0.2, 0.25) is 10.0 Å². The standard InChI is InChI=1S/C45H39ClN2O4S/c46-37-27-28-41-40(31-37)39(21-12-13-32-23-25-36(26-24-32)45(49)50)42(48(41)44(34-16-6-2-7-17-34)35-18-8-3-9-19-35)29-30-47-53(51,52)43-22-11-10-20-38(43)33-14-4-1-5-15-33/h1-11,14-20,22-28,31,44,47H,12-13,21,29-30H2,(H,49,50). The number of halogens is 1. The first-order chi connectivity index (χ1) is 25.8. The molecule has 0 bridgehead atoms. The van der Waals surface area contributed by atoms with Gasteiger partial charge in [-0.05, 0) is 83.5 Å². The fourth-order valence-corrected chi connectivity index (χ4v) is 8.67. The molecule has 0 aliphatic heterocycles. The van der Waals surface area contributed by atoms with Crippen molar-refractivity contribution >= 4 is 38.5 Å². The number of nitrogens with one attached hydrogen (secondary N) is 1. The van der Waals surface area contributed by atoms with Gasteiger partial charge in [-0.25, -0.2) is 17.9 Å². The van der Waals surface area contributed by atoms with E-state index in [-0.39, 0.29) is 23.0 Å². The summed E-state index contributed by atoms with van der Waals surface area (Å²) in [6, 6.07) is 50.2. The summed E-state index contributed by atoms with van der Waals surface area (Å²) in [5.41, 5.74) is 8.16. The molecule has 0 atom stereocenters. The van der Waals surface area contributed by atoms with Gasteiger partial charge in [0.15, 0.2) is 0 Å². The van der Waals surface area contributed by atoms with Gasteiger partial charge in [0, 0.05) is 40.1 Å². The van der Waals surface area contributed by atoms with Crippen molar-refractivity contribution in [2.24, 2.45) is 0 Å². The summed E-state index contributed by atoms with van der Waals surface area (Å²) >= 11 is 6.68. The van der Waals surface area contributed by atoms with E-state index < -0.39 is 16.0 Å². The number of sulfonamides is 1. The van der Waals surface area contributed by atoms with Crippen molar-refractivity contribution in [2.45, 2.75) is 36.6 Å². The number of hydrogen-bond acceptors (Lipinski definition) is 3. The second-order valence-corrected chi connectivity index (χ2v) is 15.2. The van der Waals surface area contributed by atoms with Gasteiger partial charge < -0.3 is 9.67 Å². The lowest BCUT2D eigenvalue weighted by Gasteiger charge is -2.25. The van der Waals surface area contributed by atoms with Crippen molar-refractivity contribution in [1.29, 1.82) is 0 Å². The fourth-order valence-electron chi connectivity index (χ4n) is 7.23. The van der Waals surface area contributed by atoms with Crippen molar-refractivity contribution in [1.82, 2.24) is 9.29 Å². The van der Waals surface area contributed by atoms with E-state index in [1.54, 1.807) is 24.3 Å². The van der Waals surface area contributed by atoms with Crippen LogP contribution in [0.4, 0.5) is 0 Å². The minimum Gasteiger partial charge on any atom is -0.478 e. The van der Waals surface area contributed by atoms with E-state index >= 15 is 0 Å². The molecule has 7 aromatic rings. The van der Waals surface area contributed by atoms with E-state index in [9.17, 15) is 18.3 Å². The first kappa shape index (κ1) is 35.9. The van der Waals surface area contributed by atoms with Gasteiger partial charge in [-0.1, -0.05) is 133 Å². The van der Waals surface area contributed by atoms with Gasteiger partial charge in [-0.2, -0.15) is 0 Å². The number of rotatable bonds is 14. The van der Waals surface area contributed by atoms with Crippen LogP contribution in [0.15, 0.2) is 163 Å². The molecule has 0 aliphatic rings. The lowest BCUT2D eigenvalue weighted by Crippen LogP contribution is -2.28. The van der Waals surface area contributed by atoms with Gasteiger partial charge in [-0.15, -0.1) is 0 Å². The molecule has 6 aromatic carbocycles. The zero-order valence-corrected chi connectivity index (χ0v) is 30.6. The van der Waals surface area contributed by atoms with Crippen molar-refractivity contribution in [2.75, 3.05) is 6.54 Å². The predicted octanol–water partition coefficient (Wildman–Crippen LogP) is 9.99. The number of hydrogen-bond donors (Lipinski definition) is 2. The third kappa shape index (κ3) is 7.98. The average Bonchev–Trinajstić information content (AvgIpc) is 3.47. The van der Waals surface area contributed by atoms with Gasteiger partial charge >= 0.3 is 5.97 Å². The highest BCUT2D eigenvalue weighted by atomic mass is 35.5. The highest BCUT2D eigenvalue weighted by Crippen LogP contribution is 2.38. The summed E-state index contributed by atoms with van der Waals surface area (Å²) in [5, 5.41) is 11.0. The molecule has 0 spiro atoms. The monoisotopic (exact) mass is 738 g/mol. The minimum atomic E-state index is -3.88. The third-order valence-corrected chi connectivity index (χ3v) is 11.4. The van der Waals surface area contributed by atoms with Crippen LogP contribution < -0.4 is 4.72 Å². The van der Waals surface area contributed by atoms with Crippen LogP contribution in [0.2, 0.25) is 5.02 Å². The molecule has 0 amide bonds. The van der Waals surface area contributed by atoms with Crippen LogP contribution in [0.1, 0.15) is 50.8 Å². The Labute approximate surface area is 315 Å². The molecule has 266 valence electrons. The molecule has 6 nitrogen and oxygen atoms in total. The summed E-state index contributed by atoms with van der Waals surface area (Å²) in [6.45, 7) is 0.176. The molecule has 0 saturated heterocycles. The fraction of sp³-hybridized carbons (Fsp3) is 0.133. The van der Waals surface area contributed by atoms with Crippen LogP contribution in [0.25, 0.3) is 22.0 Å². The lowest BCUT2D eigenvalue weighted by molar-refractivity contribution is 0.0697. The minimum absolute atomic E-state index is 0.176. The molecular weight excluding hydrogens is 700 g/mol. The highest BCUT2D eigenvalue weighted by Gasteiger charge is 2.26. The van der Waals surface area contributed by atoms with Crippen LogP contribution >= 0.6 is 11.6 Å². The van der Waals surface area contributed by atoms with E-state index in [2.05, 4.69) is 39.6 Å². The van der Waals surface area contributed by atoms with Gasteiger partial charge in [0.25, 0.3) is 0 Å². The summed E-state index contributed by atoms with van der Waals surface area (Å²) in [5.74, 6) is -0.948. The summed E-state index contributed by atoms with van der Waals surface area (Å²) in [6.07, 6.45) is 2.68. The molecule has 0 fully saturated rings. The SMILES string of the molecule is O=C(O)c1ccc(CCCc2c(CCNS(=O)(=O)c3ccccc3-c3ccccc3)n(C(c3ccccc3)c3ccccc3)c3ccc(Cl)cc23)cc1. The van der Waals surface area contributed by atoms with Gasteiger partial charge in [0.1, 0.15) is 0 Å². The quantitative estimate of drug-likeness (QED) is 0.116. The zero-order chi connectivity index (χ0) is 36.8. The number of aryl methyl sites for hydroxylation is 2. The summed E-state index contributed by atoms with van der Waals surface area (Å²) in [4.78, 5) is 11.7. The Balaban J connectivity index is 1.29. The van der Waals surface area contributed by atoms with Gasteiger partial charge in [0.05, 0.1) is 16.5 Å². The first-order valence-electron chi connectivity index (χ1n) is 17.7. The van der Waals surface area contributed by atoms with E-state index in [0.29, 0.717) is 23.4 Å². The number of aromatic carboxylic acids is 1. The molecule has 0 radical (unpaired) electrons. The Morgan fingerprint density at radius 1 is 0.698 bits per heavy atom. The number of aromatic nitrogens is 1. The molecule has 1 heterocycles. The molecular formula is C45H39ClN2O4S.